The second kappa shape index (κ2) is 6.58. The maximum Gasteiger partial charge on any atom is 0.208 e. The average molecular weight is 356 g/mol. The van der Waals surface area contributed by atoms with Gasteiger partial charge in [0.2, 0.25) is 5.95 Å². The molecule has 2 rings (SSSR count). The number of nitrogens with zero attached hydrogens (tertiary/aromatic N) is 2. The Balaban J connectivity index is 2.42. The van der Waals surface area contributed by atoms with Crippen molar-refractivity contribution < 1.29 is 9.13 Å². The molecule has 0 fully saturated rings. The van der Waals surface area contributed by atoms with Gasteiger partial charge < -0.3 is 10.1 Å². The molecule has 21 heavy (non-hydrogen) atoms. The molecule has 0 radical (unpaired) electrons. The number of ether oxygens (including phenoxy) is 1. The van der Waals surface area contributed by atoms with Gasteiger partial charge in [-0.1, -0.05) is 0 Å². The van der Waals surface area contributed by atoms with Crippen molar-refractivity contribution in [1.82, 2.24) is 9.55 Å². The lowest BCUT2D eigenvalue weighted by molar-refractivity contribution is 0.190. The highest BCUT2D eigenvalue weighted by Crippen LogP contribution is 2.26. The van der Waals surface area contributed by atoms with Gasteiger partial charge in [0, 0.05) is 19.3 Å². The molecule has 0 saturated heterocycles. The quantitative estimate of drug-likeness (QED) is 0.885. The molecule has 0 bridgehead atoms. The minimum absolute atomic E-state index is 0.125. The molecule has 2 aromatic rings. The number of aryl methyl sites for hydroxylation is 2. The SMILES string of the molecule is COCC(C)Nc1nc(C)cn1-c1cc(Br)c(F)cc1C. The van der Waals surface area contributed by atoms with Crippen molar-refractivity contribution in [2.24, 2.45) is 0 Å². The zero-order chi connectivity index (χ0) is 15.6. The van der Waals surface area contributed by atoms with Crippen LogP contribution in [0.3, 0.4) is 0 Å². The lowest BCUT2D eigenvalue weighted by Gasteiger charge is -2.16. The third-order valence-corrected chi connectivity index (χ3v) is 3.72. The number of methoxy groups -OCH3 is 1. The molecule has 0 saturated carbocycles. The molecular weight excluding hydrogens is 337 g/mol. The molecule has 1 N–H and O–H groups in total. The number of anilines is 1. The summed E-state index contributed by atoms with van der Waals surface area (Å²) in [6.07, 6.45) is 1.93. The predicted molar refractivity (Wildman–Crippen MR) is 85.7 cm³/mol. The number of halogens is 2. The van der Waals surface area contributed by atoms with Crippen molar-refractivity contribution in [3.8, 4) is 5.69 Å². The van der Waals surface area contributed by atoms with E-state index < -0.39 is 0 Å². The van der Waals surface area contributed by atoms with Gasteiger partial charge in [-0.3, -0.25) is 4.57 Å². The molecule has 1 aromatic carbocycles. The first-order chi connectivity index (χ1) is 9.92. The Hall–Kier alpha value is -1.40. The molecule has 0 aliphatic heterocycles. The van der Waals surface area contributed by atoms with Crippen molar-refractivity contribution in [2.45, 2.75) is 26.8 Å². The summed E-state index contributed by atoms with van der Waals surface area (Å²) in [5.41, 5.74) is 2.62. The van der Waals surface area contributed by atoms with E-state index in [9.17, 15) is 4.39 Å². The number of aromatic nitrogens is 2. The number of benzene rings is 1. The summed E-state index contributed by atoms with van der Waals surface area (Å²) in [4.78, 5) is 4.49. The van der Waals surface area contributed by atoms with Gasteiger partial charge in [-0.05, 0) is 54.4 Å². The average Bonchev–Trinajstić information content (AvgIpc) is 2.74. The van der Waals surface area contributed by atoms with Gasteiger partial charge >= 0.3 is 0 Å². The first-order valence-electron chi connectivity index (χ1n) is 6.70. The summed E-state index contributed by atoms with van der Waals surface area (Å²) in [6, 6.07) is 3.40. The normalized spacial score (nSPS) is 12.5. The highest BCUT2D eigenvalue weighted by Gasteiger charge is 2.14. The summed E-state index contributed by atoms with van der Waals surface area (Å²) < 4.78 is 21.1. The van der Waals surface area contributed by atoms with Crippen molar-refractivity contribution in [2.75, 3.05) is 19.0 Å². The lowest BCUT2D eigenvalue weighted by atomic mass is 10.2. The van der Waals surface area contributed by atoms with Crippen LogP contribution in [0, 0.1) is 19.7 Å². The third kappa shape index (κ3) is 3.63. The van der Waals surface area contributed by atoms with Gasteiger partial charge in [0.1, 0.15) is 5.82 Å². The van der Waals surface area contributed by atoms with E-state index in [4.69, 9.17) is 4.74 Å². The first-order valence-corrected chi connectivity index (χ1v) is 7.49. The Morgan fingerprint density at radius 2 is 2.14 bits per heavy atom. The fraction of sp³-hybridized carbons (Fsp3) is 0.400. The van der Waals surface area contributed by atoms with Crippen molar-refractivity contribution in [3.05, 3.63) is 39.9 Å². The number of nitrogens with one attached hydrogen (secondary N) is 1. The molecular formula is C15H19BrFN3O. The minimum atomic E-state index is -0.268. The van der Waals surface area contributed by atoms with E-state index in [0.29, 0.717) is 11.1 Å². The highest BCUT2D eigenvalue weighted by molar-refractivity contribution is 9.10. The Kier molecular flexibility index (Phi) is 5.00. The summed E-state index contributed by atoms with van der Waals surface area (Å²) in [5, 5.41) is 3.31. The monoisotopic (exact) mass is 355 g/mol. The molecule has 0 amide bonds. The summed E-state index contributed by atoms with van der Waals surface area (Å²) in [5.74, 6) is 0.453. The van der Waals surface area contributed by atoms with Crippen LogP contribution in [0.5, 0.6) is 0 Å². The third-order valence-electron chi connectivity index (χ3n) is 3.12. The Bertz CT molecular complexity index is 642. The van der Waals surface area contributed by atoms with Gasteiger partial charge in [-0.2, -0.15) is 0 Å². The predicted octanol–water partition coefficient (Wildman–Crippen LogP) is 3.84. The lowest BCUT2D eigenvalue weighted by Crippen LogP contribution is -2.23. The second-order valence-corrected chi connectivity index (χ2v) is 5.98. The van der Waals surface area contributed by atoms with Gasteiger partial charge in [0.25, 0.3) is 0 Å². The van der Waals surface area contributed by atoms with Crippen LogP contribution in [0.25, 0.3) is 5.69 Å². The van der Waals surface area contributed by atoms with Crippen LogP contribution in [-0.2, 0) is 4.74 Å². The van der Waals surface area contributed by atoms with E-state index in [1.54, 1.807) is 13.2 Å². The van der Waals surface area contributed by atoms with Crippen LogP contribution in [0.1, 0.15) is 18.2 Å². The number of hydrogen-bond acceptors (Lipinski definition) is 3. The van der Waals surface area contributed by atoms with Crippen molar-refractivity contribution >= 4 is 21.9 Å². The van der Waals surface area contributed by atoms with Gasteiger partial charge in [0.15, 0.2) is 0 Å². The van der Waals surface area contributed by atoms with Crippen LogP contribution >= 0.6 is 15.9 Å². The van der Waals surface area contributed by atoms with Crippen LogP contribution in [0.4, 0.5) is 10.3 Å². The minimum Gasteiger partial charge on any atom is -0.383 e. The topological polar surface area (TPSA) is 39.1 Å². The Labute approximate surface area is 132 Å². The molecule has 0 aliphatic rings. The summed E-state index contributed by atoms with van der Waals surface area (Å²) in [7, 11) is 1.66. The summed E-state index contributed by atoms with van der Waals surface area (Å²) in [6.45, 7) is 6.41. The molecule has 4 nitrogen and oxygen atoms in total. The molecule has 0 aliphatic carbocycles. The van der Waals surface area contributed by atoms with E-state index in [1.807, 2.05) is 31.5 Å². The summed E-state index contributed by atoms with van der Waals surface area (Å²) >= 11 is 3.24. The number of rotatable bonds is 5. The first kappa shape index (κ1) is 16.0. The maximum absolute atomic E-state index is 13.6. The smallest absolute Gasteiger partial charge is 0.208 e. The second-order valence-electron chi connectivity index (χ2n) is 5.13. The number of hydrogen-bond donors (Lipinski definition) is 1. The fourth-order valence-electron chi connectivity index (χ4n) is 2.19. The molecule has 0 spiro atoms. The molecule has 1 unspecified atom stereocenters. The molecule has 114 valence electrons. The zero-order valence-corrected chi connectivity index (χ0v) is 14.2. The van der Waals surface area contributed by atoms with E-state index in [1.165, 1.54) is 6.07 Å². The number of imidazole rings is 1. The van der Waals surface area contributed by atoms with Crippen molar-refractivity contribution in [3.63, 3.8) is 0 Å². The Morgan fingerprint density at radius 3 is 2.81 bits per heavy atom. The van der Waals surface area contributed by atoms with Crippen molar-refractivity contribution in [1.29, 1.82) is 0 Å². The van der Waals surface area contributed by atoms with Crippen LogP contribution < -0.4 is 5.32 Å². The van der Waals surface area contributed by atoms with Crippen LogP contribution in [-0.4, -0.2) is 29.3 Å². The van der Waals surface area contributed by atoms with Crippen LogP contribution in [0.2, 0.25) is 0 Å². The van der Waals surface area contributed by atoms with Gasteiger partial charge in [-0.25, -0.2) is 9.37 Å². The van der Waals surface area contributed by atoms with E-state index >= 15 is 0 Å². The largest absolute Gasteiger partial charge is 0.383 e. The fourth-order valence-corrected chi connectivity index (χ4v) is 2.52. The maximum atomic E-state index is 13.6. The molecule has 6 heteroatoms. The van der Waals surface area contributed by atoms with E-state index in [-0.39, 0.29) is 11.9 Å². The van der Waals surface area contributed by atoms with Gasteiger partial charge in [-0.15, -0.1) is 0 Å². The highest BCUT2D eigenvalue weighted by atomic mass is 79.9. The zero-order valence-electron chi connectivity index (χ0n) is 12.6. The molecule has 1 atom stereocenters. The van der Waals surface area contributed by atoms with Crippen LogP contribution in [0.15, 0.2) is 22.8 Å². The van der Waals surface area contributed by atoms with Gasteiger partial charge in [0.05, 0.1) is 22.5 Å². The molecule has 1 heterocycles. The molecule has 1 aromatic heterocycles. The van der Waals surface area contributed by atoms with E-state index in [0.717, 1.165) is 22.9 Å². The Morgan fingerprint density at radius 1 is 1.43 bits per heavy atom. The van der Waals surface area contributed by atoms with E-state index in [2.05, 4.69) is 26.2 Å². The standard InChI is InChI=1S/C15H19BrFN3O/c1-9-5-13(17)12(16)6-14(9)20-7-10(2)18-15(20)19-11(3)8-21-4/h5-7,11H,8H2,1-4H3,(H,18,19).